The average Bonchev–Trinajstić information content (AvgIpc) is 2.02. The van der Waals surface area contributed by atoms with Crippen LogP contribution in [-0.2, 0) is 0 Å². The van der Waals surface area contributed by atoms with E-state index in [1.165, 1.54) is 0 Å². The lowest BCUT2D eigenvalue weighted by molar-refractivity contribution is 0.120. The lowest BCUT2D eigenvalue weighted by atomic mass is 9.48. The topological polar surface area (TPSA) is 6.48 Å². The van der Waals surface area contributed by atoms with Crippen LogP contribution in [0.2, 0.25) is 0 Å². The van der Waals surface area contributed by atoms with Crippen molar-refractivity contribution in [3.63, 3.8) is 0 Å². The Morgan fingerprint density at radius 1 is 1.07 bits per heavy atom. The van der Waals surface area contributed by atoms with Gasteiger partial charge in [-0.3, -0.25) is 0 Å². The molecule has 14 heavy (non-hydrogen) atoms. The summed E-state index contributed by atoms with van der Waals surface area (Å²) >= 11 is 0. The molecule has 0 unspecified atom stereocenters. The van der Waals surface area contributed by atoms with Gasteiger partial charge in [0.2, 0.25) is 0 Å². The van der Waals surface area contributed by atoms with Crippen LogP contribution >= 0.6 is 0 Å². The van der Waals surface area contributed by atoms with E-state index in [2.05, 4.69) is 18.7 Å². The van der Waals surface area contributed by atoms with Crippen LogP contribution in [0.1, 0.15) is 13.8 Å². The fourth-order valence-corrected chi connectivity index (χ4v) is 1.83. The number of rotatable bonds is 3. The second-order valence-corrected chi connectivity index (χ2v) is 4.57. The summed E-state index contributed by atoms with van der Waals surface area (Å²) in [6.45, 7) is 9.32. The zero-order valence-electron chi connectivity index (χ0n) is 9.24. The van der Waals surface area contributed by atoms with Crippen LogP contribution in [0, 0.1) is 5.92 Å². The molecule has 0 saturated carbocycles. The van der Waals surface area contributed by atoms with Crippen molar-refractivity contribution in [2.24, 2.45) is 5.92 Å². The summed E-state index contributed by atoms with van der Waals surface area (Å²) in [6.07, 6.45) is 0. The van der Waals surface area contributed by atoms with Crippen molar-refractivity contribution < 1.29 is 0 Å². The zero-order chi connectivity index (χ0) is 10.8. The predicted molar refractivity (Wildman–Crippen MR) is 62.8 cm³/mol. The van der Waals surface area contributed by atoms with E-state index < -0.39 is 5.24 Å². The molecule has 1 aliphatic rings. The molecule has 6 radical (unpaired) electrons. The van der Waals surface area contributed by atoms with Crippen LogP contribution in [0.3, 0.4) is 0 Å². The van der Waals surface area contributed by atoms with E-state index in [0.29, 0.717) is 5.92 Å². The molecule has 0 atom stereocenters. The molecule has 0 aromatic rings. The summed E-state index contributed by atoms with van der Waals surface area (Å²) in [5.74, 6) is 0.708. The van der Waals surface area contributed by atoms with Gasteiger partial charge in [0.05, 0.1) is 23.5 Å². The second-order valence-electron chi connectivity index (χ2n) is 4.57. The van der Waals surface area contributed by atoms with Gasteiger partial charge in [0.1, 0.15) is 0 Å². The first-order chi connectivity index (χ1) is 6.39. The molecular formula is C9H17B3N2. The minimum Gasteiger partial charge on any atom is -0.320 e. The van der Waals surface area contributed by atoms with Gasteiger partial charge in [0.15, 0.2) is 0 Å². The van der Waals surface area contributed by atoms with Crippen molar-refractivity contribution >= 4 is 23.5 Å². The van der Waals surface area contributed by atoms with E-state index in [-0.39, 0.29) is 0 Å². The summed E-state index contributed by atoms with van der Waals surface area (Å²) in [7, 11) is 16.9. The van der Waals surface area contributed by atoms with Crippen molar-refractivity contribution in [3.8, 4) is 0 Å². The standard InChI is InChI=1S/C9H17B3N2/c1-8(2)7-13-3-5-14(6-4-13)9(10,11)12/h8H,3-7H2,1-2H3. The number of nitrogens with zero attached hydrogens (tertiary/aromatic N) is 2. The Labute approximate surface area is 91.6 Å². The van der Waals surface area contributed by atoms with Gasteiger partial charge in [-0.2, -0.15) is 0 Å². The molecule has 2 nitrogen and oxygen atoms in total. The van der Waals surface area contributed by atoms with Crippen LogP contribution in [0.5, 0.6) is 0 Å². The monoisotopic (exact) mass is 186 g/mol. The third-order valence-corrected chi connectivity index (χ3v) is 2.54. The summed E-state index contributed by atoms with van der Waals surface area (Å²) in [5.41, 5.74) is 0. The molecule has 5 heteroatoms. The molecule has 0 bridgehead atoms. The normalized spacial score (nSPS) is 21.6. The highest BCUT2D eigenvalue weighted by atomic mass is 15.3. The van der Waals surface area contributed by atoms with E-state index in [0.717, 1.165) is 32.7 Å². The Kier molecular flexibility index (Phi) is 4.14. The van der Waals surface area contributed by atoms with E-state index in [9.17, 15) is 0 Å². The smallest absolute Gasteiger partial charge is 0.0698 e. The Morgan fingerprint density at radius 2 is 1.57 bits per heavy atom. The Balaban J connectivity index is 2.31. The van der Waals surface area contributed by atoms with Crippen LogP contribution in [0.15, 0.2) is 0 Å². The molecule has 0 aromatic heterocycles. The molecule has 72 valence electrons. The van der Waals surface area contributed by atoms with E-state index in [1.54, 1.807) is 0 Å². The highest BCUT2D eigenvalue weighted by Gasteiger charge is 2.24. The van der Waals surface area contributed by atoms with Crippen molar-refractivity contribution in [2.45, 2.75) is 19.1 Å². The molecule has 1 heterocycles. The summed E-state index contributed by atoms with van der Waals surface area (Å²) in [5, 5.41) is -1.15. The molecule has 1 aliphatic heterocycles. The van der Waals surface area contributed by atoms with Gasteiger partial charge >= 0.3 is 0 Å². The molecule has 0 aliphatic carbocycles. The van der Waals surface area contributed by atoms with Crippen LogP contribution in [-0.4, -0.2) is 71.3 Å². The SMILES string of the molecule is [B]C([B])([B])N1CCN(CC(C)C)CC1. The van der Waals surface area contributed by atoms with Crippen LogP contribution in [0.4, 0.5) is 0 Å². The van der Waals surface area contributed by atoms with Crippen LogP contribution in [0.25, 0.3) is 0 Å². The minimum absolute atomic E-state index is 0.708. The third-order valence-electron chi connectivity index (χ3n) is 2.54. The molecule has 1 rings (SSSR count). The van der Waals surface area contributed by atoms with Gasteiger partial charge in [-0.25, -0.2) is 0 Å². The first kappa shape index (κ1) is 12.2. The van der Waals surface area contributed by atoms with Gasteiger partial charge in [-0.1, -0.05) is 19.1 Å². The summed E-state index contributed by atoms with van der Waals surface area (Å²) in [6, 6.07) is 0. The maximum absolute atomic E-state index is 5.62. The van der Waals surface area contributed by atoms with Crippen molar-refractivity contribution in [1.82, 2.24) is 9.80 Å². The fourth-order valence-electron chi connectivity index (χ4n) is 1.83. The number of hydrogen-bond acceptors (Lipinski definition) is 2. The average molecular weight is 186 g/mol. The predicted octanol–water partition coefficient (Wildman–Crippen LogP) is -0.623. The highest BCUT2D eigenvalue weighted by molar-refractivity contribution is 6.59. The third kappa shape index (κ3) is 3.70. The highest BCUT2D eigenvalue weighted by Crippen LogP contribution is 2.09. The lowest BCUT2D eigenvalue weighted by Gasteiger charge is -2.44. The summed E-state index contributed by atoms with van der Waals surface area (Å²) in [4.78, 5) is 4.34. The largest absolute Gasteiger partial charge is 0.320 e. The van der Waals surface area contributed by atoms with Crippen molar-refractivity contribution in [2.75, 3.05) is 32.7 Å². The number of piperazine rings is 1. The Bertz CT molecular complexity index is 171. The van der Waals surface area contributed by atoms with Crippen molar-refractivity contribution in [1.29, 1.82) is 0 Å². The Hall–Kier alpha value is 0.115. The Morgan fingerprint density at radius 3 is 1.93 bits per heavy atom. The molecule has 0 N–H and O–H groups in total. The van der Waals surface area contributed by atoms with E-state index in [1.807, 2.05) is 4.90 Å². The van der Waals surface area contributed by atoms with Gasteiger partial charge in [-0.15, -0.1) is 0 Å². The maximum atomic E-state index is 5.62. The maximum Gasteiger partial charge on any atom is 0.0698 e. The lowest BCUT2D eigenvalue weighted by Crippen LogP contribution is -2.58. The van der Waals surface area contributed by atoms with Gasteiger partial charge in [0.25, 0.3) is 0 Å². The van der Waals surface area contributed by atoms with Gasteiger partial charge in [0, 0.05) is 32.7 Å². The van der Waals surface area contributed by atoms with Crippen LogP contribution < -0.4 is 0 Å². The molecule has 0 aromatic carbocycles. The fraction of sp³-hybridized carbons (Fsp3) is 1.00. The number of hydrogen-bond donors (Lipinski definition) is 0. The molecule has 0 amide bonds. The van der Waals surface area contributed by atoms with E-state index >= 15 is 0 Å². The van der Waals surface area contributed by atoms with E-state index in [4.69, 9.17) is 23.5 Å². The first-order valence-corrected chi connectivity index (χ1v) is 5.23. The van der Waals surface area contributed by atoms with Gasteiger partial charge in [-0.05, 0) is 5.92 Å². The summed E-state index contributed by atoms with van der Waals surface area (Å²) < 4.78 is 0. The second kappa shape index (κ2) is 4.76. The minimum atomic E-state index is -1.15. The molecule has 1 saturated heterocycles. The molecule has 0 spiro atoms. The molecular weight excluding hydrogens is 169 g/mol. The van der Waals surface area contributed by atoms with Crippen molar-refractivity contribution in [3.05, 3.63) is 0 Å². The first-order valence-electron chi connectivity index (χ1n) is 5.23. The zero-order valence-corrected chi connectivity index (χ0v) is 9.24. The quantitative estimate of drug-likeness (QED) is 0.541. The molecule has 1 fully saturated rings. The van der Waals surface area contributed by atoms with Gasteiger partial charge < -0.3 is 9.80 Å².